The summed E-state index contributed by atoms with van der Waals surface area (Å²) >= 11 is 0. The summed E-state index contributed by atoms with van der Waals surface area (Å²) in [5, 5.41) is 9.00. The molecule has 3 N–H and O–H groups in total. The van der Waals surface area contributed by atoms with Crippen LogP contribution in [0, 0.1) is 0 Å². The van der Waals surface area contributed by atoms with Gasteiger partial charge in [0.1, 0.15) is 5.75 Å². The molecule has 0 spiro atoms. The maximum atomic E-state index is 9.00. The molecule has 0 fully saturated rings. The van der Waals surface area contributed by atoms with E-state index in [-0.39, 0.29) is 6.61 Å². The van der Waals surface area contributed by atoms with Crippen molar-refractivity contribution in [3.8, 4) is 5.75 Å². The highest BCUT2D eigenvalue weighted by Crippen LogP contribution is 2.27. The number of aliphatic hydroxyl groups excluding tert-OH is 1. The minimum atomic E-state index is 0.200. The second-order valence-corrected chi connectivity index (χ2v) is 4.56. The molecule has 0 radical (unpaired) electrons. The number of hydrogen-bond donors (Lipinski definition) is 2. The van der Waals surface area contributed by atoms with Crippen LogP contribution in [0.25, 0.3) is 0 Å². The largest absolute Gasteiger partial charge is 0.497 e. The number of ether oxygens (including phenoxy) is 1. The molecule has 0 saturated heterocycles. The molecule has 0 atom stereocenters. The van der Waals surface area contributed by atoms with E-state index in [0.29, 0.717) is 12.6 Å². The number of benzene rings is 1. The Morgan fingerprint density at radius 2 is 2.11 bits per heavy atom. The first kappa shape index (κ1) is 14.8. The summed E-state index contributed by atoms with van der Waals surface area (Å²) in [6.07, 6.45) is 0.749. The fourth-order valence-electron chi connectivity index (χ4n) is 2.01. The van der Waals surface area contributed by atoms with Gasteiger partial charge in [0.05, 0.1) is 7.11 Å². The molecule has 0 amide bonds. The van der Waals surface area contributed by atoms with Gasteiger partial charge >= 0.3 is 0 Å². The third kappa shape index (κ3) is 3.62. The normalized spacial score (nSPS) is 10.8. The molecule has 0 aromatic heterocycles. The van der Waals surface area contributed by atoms with E-state index in [2.05, 4.69) is 18.7 Å². The van der Waals surface area contributed by atoms with Crippen molar-refractivity contribution >= 4 is 5.69 Å². The Morgan fingerprint density at radius 3 is 2.61 bits per heavy atom. The fourth-order valence-corrected chi connectivity index (χ4v) is 2.01. The van der Waals surface area contributed by atoms with Crippen LogP contribution >= 0.6 is 0 Å². The molecule has 18 heavy (non-hydrogen) atoms. The Bertz CT molecular complexity index is 367. The summed E-state index contributed by atoms with van der Waals surface area (Å²) in [6, 6.07) is 6.30. The maximum Gasteiger partial charge on any atom is 0.120 e. The minimum absolute atomic E-state index is 0.200. The third-order valence-corrected chi connectivity index (χ3v) is 3.00. The van der Waals surface area contributed by atoms with Gasteiger partial charge in [-0.15, -0.1) is 0 Å². The van der Waals surface area contributed by atoms with Crippen LogP contribution in [0.4, 0.5) is 5.69 Å². The molecular formula is C14H24N2O2. The zero-order valence-electron chi connectivity index (χ0n) is 11.5. The van der Waals surface area contributed by atoms with Crippen molar-refractivity contribution in [2.75, 3.05) is 25.2 Å². The first-order valence-corrected chi connectivity index (χ1v) is 6.38. The van der Waals surface area contributed by atoms with Crippen molar-refractivity contribution in [3.63, 3.8) is 0 Å². The van der Waals surface area contributed by atoms with Crippen molar-refractivity contribution in [3.05, 3.63) is 23.8 Å². The predicted molar refractivity (Wildman–Crippen MR) is 75.1 cm³/mol. The lowest BCUT2D eigenvalue weighted by Gasteiger charge is -2.31. The molecule has 0 heterocycles. The molecule has 0 aliphatic rings. The van der Waals surface area contributed by atoms with Crippen LogP contribution in [0.15, 0.2) is 18.2 Å². The van der Waals surface area contributed by atoms with E-state index < -0.39 is 0 Å². The standard InChI is InChI=1S/C14H24N2O2/c1-11(2)16(7-4-8-17)14-9-13(18-3)6-5-12(14)10-15/h5-6,9,11,17H,4,7-8,10,15H2,1-3H3. The van der Waals surface area contributed by atoms with E-state index >= 15 is 0 Å². The molecule has 0 aliphatic heterocycles. The van der Waals surface area contributed by atoms with Crippen LogP contribution in [0.1, 0.15) is 25.8 Å². The molecule has 4 heteroatoms. The van der Waals surface area contributed by atoms with E-state index in [1.54, 1.807) is 7.11 Å². The van der Waals surface area contributed by atoms with Gasteiger partial charge in [-0.3, -0.25) is 0 Å². The van der Waals surface area contributed by atoms with Crippen molar-refractivity contribution < 1.29 is 9.84 Å². The van der Waals surface area contributed by atoms with Gasteiger partial charge in [-0.25, -0.2) is 0 Å². The summed E-state index contributed by atoms with van der Waals surface area (Å²) < 4.78 is 5.27. The van der Waals surface area contributed by atoms with Crippen LogP contribution in [-0.4, -0.2) is 31.4 Å². The lowest BCUT2D eigenvalue weighted by atomic mass is 10.1. The van der Waals surface area contributed by atoms with Gasteiger partial charge < -0.3 is 20.5 Å². The Kier molecular flexibility index (Phi) is 5.95. The number of nitrogens with two attached hydrogens (primary N) is 1. The molecule has 102 valence electrons. The molecule has 4 nitrogen and oxygen atoms in total. The predicted octanol–water partition coefficient (Wildman–Crippen LogP) is 1.75. The smallest absolute Gasteiger partial charge is 0.120 e. The number of aliphatic hydroxyl groups is 1. The van der Waals surface area contributed by atoms with E-state index in [1.807, 2.05) is 18.2 Å². The van der Waals surface area contributed by atoms with Gasteiger partial charge in [0.25, 0.3) is 0 Å². The molecule has 1 aromatic rings. The SMILES string of the molecule is COc1ccc(CN)c(N(CCCO)C(C)C)c1. The molecule has 0 saturated carbocycles. The van der Waals surface area contributed by atoms with Gasteiger partial charge in [0.2, 0.25) is 0 Å². The zero-order chi connectivity index (χ0) is 13.5. The summed E-state index contributed by atoms with van der Waals surface area (Å²) in [5.74, 6) is 0.830. The summed E-state index contributed by atoms with van der Waals surface area (Å²) in [6.45, 7) is 5.79. The number of rotatable bonds is 7. The number of anilines is 1. The topological polar surface area (TPSA) is 58.7 Å². The quantitative estimate of drug-likeness (QED) is 0.776. The Balaban J connectivity index is 3.07. The first-order chi connectivity index (χ1) is 8.63. The summed E-state index contributed by atoms with van der Waals surface area (Å²) in [4.78, 5) is 2.25. The monoisotopic (exact) mass is 252 g/mol. The van der Waals surface area contributed by atoms with E-state index in [9.17, 15) is 0 Å². The molecule has 0 unspecified atom stereocenters. The van der Waals surface area contributed by atoms with Crippen molar-refractivity contribution in [2.45, 2.75) is 32.9 Å². The molecule has 0 bridgehead atoms. The van der Waals surface area contributed by atoms with E-state index in [0.717, 1.165) is 30.0 Å². The average molecular weight is 252 g/mol. The number of methoxy groups -OCH3 is 1. The van der Waals surface area contributed by atoms with E-state index in [1.165, 1.54) is 0 Å². The minimum Gasteiger partial charge on any atom is -0.497 e. The lowest BCUT2D eigenvalue weighted by molar-refractivity contribution is 0.288. The van der Waals surface area contributed by atoms with Crippen LogP contribution in [0.5, 0.6) is 5.75 Å². The molecular weight excluding hydrogens is 228 g/mol. The van der Waals surface area contributed by atoms with Gasteiger partial charge in [-0.2, -0.15) is 0 Å². The highest BCUT2D eigenvalue weighted by molar-refractivity contribution is 5.57. The van der Waals surface area contributed by atoms with Crippen molar-refractivity contribution in [1.29, 1.82) is 0 Å². The van der Waals surface area contributed by atoms with Gasteiger partial charge in [-0.05, 0) is 31.9 Å². The third-order valence-electron chi connectivity index (χ3n) is 3.00. The summed E-state index contributed by atoms with van der Waals surface area (Å²) in [7, 11) is 1.66. The van der Waals surface area contributed by atoms with Crippen molar-refractivity contribution in [2.24, 2.45) is 5.73 Å². The van der Waals surface area contributed by atoms with Crippen LogP contribution in [0.2, 0.25) is 0 Å². The molecule has 0 aliphatic carbocycles. The average Bonchev–Trinajstić information content (AvgIpc) is 2.38. The first-order valence-electron chi connectivity index (χ1n) is 6.38. The number of hydrogen-bond acceptors (Lipinski definition) is 4. The summed E-state index contributed by atoms with van der Waals surface area (Å²) in [5.41, 5.74) is 7.99. The number of nitrogens with zero attached hydrogens (tertiary/aromatic N) is 1. The second kappa shape index (κ2) is 7.24. The highest BCUT2D eigenvalue weighted by Gasteiger charge is 2.14. The Morgan fingerprint density at radius 1 is 1.39 bits per heavy atom. The van der Waals surface area contributed by atoms with Crippen LogP contribution < -0.4 is 15.4 Å². The highest BCUT2D eigenvalue weighted by atomic mass is 16.5. The van der Waals surface area contributed by atoms with Crippen molar-refractivity contribution in [1.82, 2.24) is 0 Å². The van der Waals surface area contributed by atoms with Crippen LogP contribution in [-0.2, 0) is 6.54 Å². The zero-order valence-corrected chi connectivity index (χ0v) is 11.5. The second-order valence-electron chi connectivity index (χ2n) is 4.56. The molecule has 1 aromatic carbocycles. The van der Waals surface area contributed by atoms with Gasteiger partial charge in [-0.1, -0.05) is 6.07 Å². The Labute approximate surface area is 109 Å². The van der Waals surface area contributed by atoms with E-state index in [4.69, 9.17) is 15.6 Å². The Hall–Kier alpha value is -1.26. The maximum absolute atomic E-state index is 9.00. The van der Waals surface area contributed by atoms with Gasteiger partial charge in [0, 0.05) is 37.5 Å². The van der Waals surface area contributed by atoms with Gasteiger partial charge in [0.15, 0.2) is 0 Å². The molecule has 1 rings (SSSR count). The van der Waals surface area contributed by atoms with Crippen LogP contribution in [0.3, 0.4) is 0 Å². The fraction of sp³-hybridized carbons (Fsp3) is 0.571. The lowest BCUT2D eigenvalue weighted by Crippen LogP contribution is -2.33.